The SMILES string of the molecule is COCCN(CC(=O)Nc1cccc(C)c1C)C(=O)c1ccsc1. The van der Waals surface area contributed by atoms with Crippen molar-refractivity contribution in [2.24, 2.45) is 0 Å². The Morgan fingerprint density at radius 2 is 2.04 bits per heavy atom. The van der Waals surface area contributed by atoms with Gasteiger partial charge in [-0.1, -0.05) is 12.1 Å². The number of methoxy groups -OCH3 is 1. The summed E-state index contributed by atoms with van der Waals surface area (Å²) in [5, 5.41) is 6.51. The molecule has 2 rings (SSSR count). The van der Waals surface area contributed by atoms with Gasteiger partial charge in [-0.15, -0.1) is 0 Å². The molecular weight excluding hydrogens is 324 g/mol. The summed E-state index contributed by atoms with van der Waals surface area (Å²) >= 11 is 1.45. The zero-order valence-electron chi connectivity index (χ0n) is 14.2. The van der Waals surface area contributed by atoms with E-state index < -0.39 is 0 Å². The van der Waals surface area contributed by atoms with Crippen LogP contribution < -0.4 is 5.32 Å². The third-order valence-corrected chi connectivity index (χ3v) is 4.52. The normalized spacial score (nSPS) is 10.5. The number of benzene rings is 1. The number of rotatable bonds is 7. The van der Waals surface area contributed by atoms with Gasteiger partial charge < -0.3 is 15.0 Å². The van der Waals surface area contributed by atoms with E-state index in [1.807, 2.05) is 37.4 Å². The maximum atomic E-state index is 12.5. The highest BCUT2D eigenvalue weighted by Crippen LogP contribution is 2.18. The Kier molecular flexibility index (Phi) is 6.52. The van der Waals surface area contributed by atoms with Crippen molar-refractivity contribution in [2.75, 3.05) is 32.1 Å². The van der Waals surface area contributed by atoms with E-state index in [2.05, 4.69) is 5.32 Å². The number of nitrogens with one attached hydrogen (secondary N) is 1. The maximum absolute atomic E-state index is 12.5. The van der Waals surface area contributed by atoms with Crippen molar-refractivity contribution in [1.82, 2.24) is 4.90 Å². The second-order valence-corrected chi connectivity index (χ2v) is 6.31. The van der Waals surface area contributed by atoms with Gasteiger partial charge >= 0.3 is 0 Å². The van der Waals surface area contributed by atoms with Crippen LogP contribution in [0.3, 0.4) is 0 Å². The van der Waals surface area contributed by atoms with Gasteiger partial charge in [0.25, 0.3) is 5.91 Å². The predicted molar refractivity (Wildman–Crippen MR) is 96.6 cm³/mol. The number of amides is 2. The first-order valence-corrected chi connectivity index (χ1v) is 8.63. The Labute approximate surface area is 146 Å². The molecule has 1 aromatic carbocycles. The topological polar surface area (TPSA) is 58.6 Å². The third kappa shape index (κ3) is 4.66. The van der Waals surface area contributed by atoms with Crippen LogP contribution in [-0.2, 0) is 9.53 Å². The van der Waals surface area contributed by atoms with Crippen LogP contribution in [0.15, 0.2) is 35.0 Å². The van der Waals surface area contributed by atoms with Crippen molar-refractivity contribution >= 4 is 28.8 Å². The van der Waals surface area contributed by atoms with E-state index >= 15 is 0 Å². The molecule has 0 saturated heterocycles. The quantitative estimate of drug-likeness (QED) is 0.838. The molecule has 0 saturated carbocycles. The zero-order valence-corrected chi connectivity index (χ0v) is 15.0. The standard InChI is InChI=1S/C18H22N2O3S/c1-13-5-4-6-16(14(13)2)19-17(21)11-20(8-9-23-3)18(22)15-7-10-24-12-15/h4-7,10,12H,8-9,11H2,1-3H3,(H,19,21). The van der Waals surface area contributed by atoms with Crippen LogP contribution in [0.4, 0.5) is 5.69 Å². The van der Waals surface area contributed by atoms with E-state index in [1.165, 1.54) is 16.2 Å². The summed E-state index contributed by atoms with van der Waals surface area (Å²) in [6, 6.07) is 7.52. The molecular formula is C18H22N2O3S. The van der Waals surface area contributed by atoms with Gasteiger partial charge in [0.2, 0.25) is 5.91 Å². The number of nitrogens with zero attached hydrogens (tertiary/aromatic N) is 1. The summed E-state index contributed by atoms with van der Waals surface area (Å²) in [5.74, 6) is -0.382. The molecule has 0 unspecified atom stereocenters. The van der Waals surface area contributed by atoms with Gasteiger partial charge in [0, 0.05) is 24.7 Å². The molecule has 5 nitrogen and oxygen atoms in total. The van der Waals surface area contributed by atoms with Crippen molar-refractivity contribution < 1.29 is 14.3 Å². The maximum Gasteiger partial charge on any atom is 0.255 e. The van der Waals surface area contributed by atoms with Crippen molar-refractivity contribution in [3.05, 3.63) is 51.7 Å². The number of hydrogen-bond donors (Lipinski definition) is 1. The fourth-order valence-corrected chi connectivity index (χ4v) is 2.90. The first kappa shape index (κ1) is 18.2. The molecule has 1 heterocycles. The Bertz CT molecular complexity index is 698. The fourth-order valence-electron chi connectivity index (χ4n) is 2.27. The van der Waals surface area contributed by atoms with E-state index in [-0.39, 0.29) is 18.4 Å². The summed E-state index contributed by atoms with van der Waals surface area (Å²) in [6.45, 7) is 4.70. The second-order valence-electron chi connectivity index (χ2n) is 5.53. The molecule has 6 heteroatoms. The van der Waals surface area contributed by atoms with Crippen molar-refractivity contribution in [2.45, 2.75) is 13.8 Å². The van der Waals surface area contributed by atoms with E-state index in [9.17, 15) is 9.59 Å². The molecule has 0 atom stereocenters. The number of hydrogen-bond acceptors (Lipinski definition) is 4. The molecule has 1 N–H and O–H groups in total. The minimum atomic E-state index is -0.219. The van der Waals surface area contributed by atoms with Crippen LogP contribution >= 0.6 is 11.3 Å². The molecule has 0 radical (unpaired) electrons. The molecule has 0 fully saturated rings. The Morgan fingerprint density at radius 1 is 1.25 bits per heavy atom. The monoisotopic (exact) mass is 346 g/mol. The van der Waals surface area contributed by atoms with Gasteiger partial charge in [0.1, 0.15) is 6.54 Å². The smallest absolute Gasteiger partial charge is 0.255 e. The first-order chi connectivity index (χ1) is 11.5. The van der Waals surface area contributed by atoms with Crippen LogP contribution in [0.5, 0.6) is 0 Å². The molecule has 0 aliphatic heterocycles. The van der Waals surface area contributed by atoms with Crippen LogP contribution in [0.2, 0.25) is 0 Å². The van der Waals surface area contributed by atoms with Crippen LogP contribution in [0.25, 0.3) is 0 Å². The number of thiophene rings is 1. The summed E-state index contributed by atoms with van der Waals surface area (Å²) in [4.78, 5) is 26.4. The number of ether oxygens (including phenoxy) is 1. The Morgan fingerprint density at radius 3 is 2.71 bits per heavy atom. The van der Waals surface area contributed by atoms with Crippen LogP contribution in [0, 0.1) is 13.8 Å². The van der Waals surface area contributed by atoms with Crippen LogP contribution in [0.1, 0.15) is 21.5 Å². The third-order valence-electron chi connectivity index (χ3n) is 3.83. The lowest BCUT2D eigenvalue weighted by molar-refractivity contribution is -0.117. The van der Waals surface area contributed by atoms with E-state index in [1.54, 1.807) is 18.6 Å². The highest BCUT2D eigenvalue weighted by atomic mass is 32.1. The summed E-state index contributed by atoms with van der Waals surface area (Å²) < 4.78 is 5.05. The number of carbonyl (C=O) groups is 2. The highest BCUT2D eigenvalue weighted by Gasteiger charge is 2.19. The first-order valence-electron chi connectivity index (χ1n) is 7.69. The van der Waals surface area contributed by atoms with Gasteiger partial charge in [-0.3, -0.25) is 9.59 Å². The minimum Gasteiger partial charge on any atom is -0.383 e. The van der Waals surface area contributed by atoms with Crippen molar-refractivity contribution in [3.8, 4) is 0 Å². The molecule has 24 heavy (non-hydrogen) atoms. The number of anilines is 1. The van der Waals surface area contributed by atoms with Gasteiger partial charge in [0.05, 0.1) is 12.2 Å². The van der Waals surface area contributed by atoms with E-state index in [0.717, 1.165) is 16.8 Å². The average molecular weight is 346 g/mol. The summed E-state index contributed by atoms with van der Waals surface area (Å²) in [5.41, 5.74) is 3.50. The lowest BCUT2D eigenvalue weighted by atomic mass is 10.1. The van der Waals surface area contributed by atoms with E-state index in [4.69, 9.17) is 4.74 Å². The molecule has 0 bridgehead atoms. The largest absolute Gasteiger partial charge is 0.383 e. The van der Waals surface area contributed by atoms with Crippen molar-refractivity contribution in [1.29, 1.82) is 0 Å². The zero-order chi connectivity index (χ0) is 17.5. The Hall–Kier alpha value is -2.18. The number of aryl methyl sites for hydroxylation is 1. The Balaban J connectivity index is 2.06. The average Bonchev–Trinajstić information content (AvgIpc) is 3.09. The van der Waals surface area contributed by atoms with Gasteiger partial charge in [-0.2, -0.15) is 11.3 Å². The molecule has 0 spiro atoms. The summed E-state index contributed by atoms with van der Waals surface area (Å²) in [6.07, 6.45) is 0. The van der Waals surface area contributed by atoms with Crippen LogP contribution in [-0.4, -0.2) is 43.5 Å². The molecule has 128 valence electrons. The van der Waals surface area contributed by atoms with Gasteiger partial charge in [-0.25, -0.2) is 0 Å². The lowest BCUT2D eigenvalue weighted by Crippen LogP contribution is -2.39. The van der Waals surface area contributed by atoms with Gasteiger partial charge in [-0.05, 0) is 42.5 Å². The van der Waals surface area contributed by atoms with E-state index in [0.29, 0.717) is 18.7 Å². The fraction of sp³-hybridized carbons (Fsp3) is 0.333. The number of carbonyl (C=O) groups excluding carboxylic acids is 2. The molecule has 0 aliphatic rings. The second kappa shape index (κ2) is 8.61. The van der Waals surface area contributed by atoms with Gasteiger partial charge in [0.15, 0.2) is 0 Å². The lowest BCUT2D eigenvalue weighted by Gasteiger charge is -2.22. The predicted octanol–water partition coefficient (Wildman–Crippen LogP) is 3.09. The highest BCUT2D eigenvalue weighted by molar-refractivity contribution is 7.08. The molecule has 2 aromatic rings. The molecule has 1 aromatic heterocycles. The molecule has 2 amide bonds. The summed E-state index contributed by atoms with van der Waals surface area (Å²) in [7, 11) is 1.57. The molecule has 0 aliphatic carbocycles. The van der Waals surface area contributed by atoms with Crippen molar-refractivity contribution in [3.63, 3.8) is 0 Å². The minimum absolute atomic E-state index is 0.00851.